The lowest BCUT2D eigenvalue weighted by Gasteiger charge is -2.42. The predicted octanol–water partition coefficient (Wildman–Crippen LogP) is 1.12. The summed E-state index contributed by atoms with van der Waals surface area (Å²) in [5.74, 6) is 0.895. The van der Waals surface area contributed by atoms with Gasteiger partial charge >= 0.3 is 0 Å². The summed E-state index contributed by atoms with van der Waals surface area (Å²) >= 11 is 0. The second-order valence-electron chi connectivity index (χ2n) is 5.50. The molecule has 2 fully saturated rings. The topological polar surface area (TPSA) is 32.7 Å². The molecule has 1 heterocycles. The second kappa shape index (κ2) is 4.81. The molecule has 88 valence electrons. The van der Waals surface area contributed by atoms with Crippen molar-refractivity contribution in [1.29, 1.82) is 0 Å². The molecule has 0 atom stereocenters. The summed E-state index contributed by atoms with van der Waals surface area (Å²) < 4.78 is 5.21. The first kappa shape index (κ1) is 11.4. The molecule has 3 heteroatoms. The van der Waals surface area contributed by atoms with Gasteiger partial charge in [0.2, 0.25) is 0 Å². The van der Waals surface area contributed by atoms with Gasteiger partial charge in [-0.1, -0.05) is 12.8 Å². The van der Waals surface area contributed by atoms with Gasteiger partial charge in [-0.15, -0.1) is 0 Å². The molecule has 3 nitrogen and oxygen atoms in total. The maximum atomic E-state index is 9.34. The van der Waals surface area contributed by atoms with E-state index in [1.807, 2.05) is 0 Å². The molecule has 2 rings (SSSR count). The molecule has 0 bridgehead atoms. The number of ether oxygens (including phenoxy) is 1. The standard InChI is InChI=1S/C12H23NO2/c1-13(6-11-4-2-3-5-11)7-12(8-14)9-15-10-12/h11,14H,2-10H2,1H3. The maximum Gasteiger partial charge on any atom is 0.0579 e. The van der Waals surface area contributed by atoms with E-state index in [2.05, 4.69) is 11.9 Å². The van der Waals surface area contributed by atoms with Gasteiger partial charge in [0.15, 0.2) is 0 Å². The lowest BCUT2D eigenvalue weighted by molar-refractivity contribution is -0.147. The van der Waals surface area contributed by atoms with Gasteiger partial charge in [-0.25, -0.2) is 0 Å². The molecule has 0 unspecified atom stereocenters. The van der Waals surface area contributed by atoms with E-state index in [0.29, 0.717) is 0 Å². The largest absolute Gasteiger partial charge is 0.396 e. The van der Waals surface area contributed by atoms with Gasteiger partial charge in [-0.3, -0.25) is 0 Å². The molecule has 1 saturated heterocycles. The summed E-state index contributed by atoms with van der Waals surface area (Å²) in [7, 11) is 2.17. The highest BCUT2D eigenvalue weighted by Crippen LogP contribution is 2.30. The Morgan fingerprint density at radius 3 is 2.47 bits per heavy atom. The molecule has 0 aromatic rings. The highest BCUT2D eigenvalue weighted by atomic mass is 16.5. The molecule has 0 aromatic heterocycles. The molecule has 0 radical (unpaired) electrons. The van der Waals surface area contributed by atoms with Crippen molar-refractivity contribution in [3.05, 3.63) is 0 Å². The fraction of sp³-hybridized carbons (Fsp3) is 1.00. The Hall–Kier alpha value is -0.120. The Kier molecular flexibility index (Phi) is 3.65. The molecule has 1 N–H and O–H groups in total. The van der Waals surface area contributed by atoms with Gasteiger partial charge in [0, 0.05) is 13.1 Å². The Morgan fingerprint density at radius 1 is 1.33 bits per heavy atom. The molecule has 1 saturated carbocycles. The zero-order valence-electron chi connectivity index (χ0n) is 9.74. The van der Waals surface area contributed by atoms with Crippen molar-refractivity contribution in [2.45, 2.75) is 25.7 Å². The molecule has 0 aromatic carbocycles. The van der Waals surface area contributed by atoms with Gasteiger partial charge in [-0.05, 0) is 25.8 Å². The van der Waals surface area contributed by atoms with E-state index < -0.39 is 0 Å². The van der Waals surface area contributed by atoms with Gasteiger partial charge < -0.3 is 14.7 Å². The minimum atomic E-state index is 0.0490. The van der Waals surface area contributed by atoms with E-state index in [4.69, 9.17) is 4.74 Å². The number of aliphatic hydroxyl groups excluding tert-OH is 1. The van der Waals surface area contributed by atoms with Crippen LogP contribution in [0.2, 0.25) is 0 Å². The van der Waals surface area contributed by atoms with Crippen LogP contribution >= 0.6 is 0 Å². The van der Waals surface area contributed by atoms with Crippen molar-refractivity contribution in [2.24, 2.45) is 11.3 Å². The van der Waals surface area contributed by atoms with Crippen molar-refractivity contribution >= 4 is 0 Å². The molecule has 2 aliphatic rings. The SMILES string of the molecule is CN(CC1CCCC1)CC1(CO)COC1. The van der Waals surface area contributed by atoms with Crippen LogP contribution in [-0.4, -0.2) is 50.0 Å². The van der Waals surface area contributed by atoms with Crippen LogP contribution < -0.4 is 0 Å². The smallest absolute Gasteiger partial charge is 0.0579 e. The fourth-order valence-electron chi connectivity index (χ4n) is 2.89. The van der Waals surface area contributed by atoms with Crippen molar-refractivity contribution in [3.63, 3.8) is 0 Å². The van der Waals surface area contributed by atoms with Crippen LogP contribution in [-0.2, 0) is 4.74 Å². The molecule has 0 spiro atoms. The zero-order chi connectivity index (χ0) is 10.7. The van der Waals surface area contributed by atoms with Crippen molar-refractivity contribution < 1.29 is 9.84 Å². The van der Waals surface area contributed by atoms with E-state index >= 15 is 0 Å². The highest BCUT2D eigenvalue weighted by molar-refractivity contribution is 4.88. The number of hydrogen-bond acceptors (Lipinski definition) is 3. The summed E-state index contributed by atoms with van der Waals surface area (Å²) in [6.07, 6.45) is 5.61. The second-order valence-corrected chi connectivity index (χ2v) is 5.50. The Morgan fingerprint density at radius 2 is 2.00 bits per heavy atom. The average molecular weight is 213 g/mol. The van der Waals surface area contributed by atoms with Crippen LogP contribution in [0.3, 0.4) is 0 Å². The normalized spacial score (nSPS) is 25.8. The summed E-state index contributed by atoms with van der Waals surface area (Å²) in [5, 5.41) is 9.34. The lowest BCUT2D eigenvalue weighted by Crippen LogP contribution is -2.53. The van der Waals surface area contributed by atoms with Gasteiger partial charge in [0.1, 0.15) is 0 Å². The Bertz CT molecular complexity index is 192. The third-order valence-corrected chi connectivity index (χ3v) is 3.80. The summed E-state index contributed by atoms with van der Waals surface area (Å²) in [5.41, 5.74) is 0.0490. The molecular weight excluding hydrogens is 190 g/mol. The zero-order valence-corrected chi connectivity index (χ0v) is 9.74. The minimum Gasteiger partial charge on any atom is -0.396 e. The van der Waals surface area contributed by atoms with E-state index in [9.17, 15) is 5.11 Å². The quantitative estimate of drug-likeness (QED) is 0.743. The number of aliphatic hydroxyl groups is 1. The van der Waals surface area contributed by atoms with E-state index in [-0.39, 0.29) is 12.0 Å². The van der Waals surface area contributed by atoms with Crippen LogP contribution in [0.5, 0.6) is 0 Å². The Balaban J connectivity index is 1.73. The van der Waals surface area contributed by atoms with Crippen LogP contribution in [0.4, 0.5) is 0 Å². The fourth-order valence-corrected chi connectivity index (χ4v) is 2.89. The van der Waals surface area contributed by atoms with E-state index in [1.165, 1.54) is 32.2 Å². The van der Waals surface area contributed by atoms with Crippen LogP contribution in [0.1, 0.15) is 25.7 Å². The first-order chi connectivity index (χ1) is 7.24. The third-order valence-electron chi connectivity index (χ3n) is 3.80. The lowest BCUT2D eigenvalue weighted by atomic mass is 9.86. The van der Waals surface area contributed by atoms with Crippen molar-refractivity contribution in [3.8, 4) is 0 Å². The van der Waals surface area contributed by atoms with Crippen LogP contribution in [0.15, 0.2) is 0 Å². The molecule has 1 aliphatic carbocycles. The molecule has 0 amide bonds. The number of nitrogens with zero attached hydrogens (tertiary/aromatic N) is 1. The third kappa shape index (κ3) is 2.71. The molecular formula is C12H23NO2. The predicted molar refractivity (Wildman–Crippen MR) is 59.8 cm³/mol. The monoisotopic (exact) mass is 213 g/mol. The van der Waals surface area contributed by atoms with Gasteiger partial charge in [0.25, 0.3) is 0 Å². The van der Waals surface area contributed by atoms with Gasteiger partial charge in [0.05, 0.1) is 25.2 Å². The van der Waals surface area contributed by atoms with Crippen molar-refractivity contribution in [1.82, 2.24) is 4.90 Å². The summed E-state index contributed by atoms with van der Waals surface area (Å²) in [6.45, 7) is 3.92. The highest BCUT2D eigenvalue weighted by Gasteiger charge is 2.39. The van der Waals surface area contributed by atoms with E-state index in [0.717, 1.165) is 25.7 Å². The number of rotatable bonds is 5. The summed E-state index contributed by atoms with van der Waals surface area (Å²) in [4.78, 5) is 2.38. The van der Waals surface area contributed by atoms with Crippen molar-refractivity contribution in [2.75, 3.05) is 40.0 Å². The van der Waals surface area contributed by atoms with Crippen LogP contribution in [0, 0.1) is 11.3 Å². The average Bonchev–Trinajstić information content (AvgIpc) is 2.64. The summed E-state index contributed by atoms with van der Waals surface area (Å²) in [6, 6.07) is 0. The first-order valence-electron chi connectivity index (χ1n) is 6.11. The number of hydrogen-bond donors (Lipinski definition) is 1. The first-order valence-corrected chi connectivity index (χ1v) is 6.11. The maximum absolute atomic E-state index is 9.34. The van der Waals surface area contributed by atoms with E-state index in [1.54, 1.807) is 0 Å². The van der Waals surface area contributed by atoms with Gasteiger partial charge in [-0.2, -0.15) is 0 Å². The Labute approximate surface area is 92.4 Å². The van der Waals surface area contributed by atoms with Crippen LogP contribution in [0.25, 0.3) is 0 Å². The minimum absolute atomic E-state index is 0.0490. The molecule has 1 aliphatic heterocycles. The molecule has 15 heavy (non-hydrogen) atoms.